The largest absolute Gasteiger partial charge is 0.478 e. The molecule has 0 spiro atoms. The number of hydrogen-bond acceptors (Lipinski definition) is 3. The second kappa shape index (κ2) is 6.31. The van der Waals surface area contributed by atoms with E-state index in [1.165, 1.54) is 10.4 Å². The normalized spacial score (nSPS) is 26.6. The Hall–Kier alpha value is -0.920. The van der Waals surface area contributed by atoms with Crippen LogP contribution in [0.3, 0.4) is 0 Å². The van der Waals surface area contributed by atoms with Gasteiger partial charge in [-0.1, -0.05) is 19.9 Å². The van der Waals surface area contributed by atoms with Gasteiger partial charge in [0.05, 0.1) is 0 Å². The second-order valence-corrected chi connectivity index (χ2v) is 6.61. The molecule has 0 aliphatic carbocycles. The van der Waals surface area contributed by atoms with E-state index in [-0.39, 0.29) is 6.54 Å². The average Bonchev–Trinajstić information content (AvgIpc) is 2.23. The lowest BCUT2D eigenvalue weighted by Gasteiger charge is -2.33. The van der Waals surface area contributed by atoms with Crippen LogP contribution in [0.15, 0.2) is 12.2 Å². The lowest BCUT2D eigenvalue weighted by Crippen LogP contribution is -2.47. The number of hydrogen-bond donors (Lipinski definition) is 2. The van der Waals surface area contributed by atoms with Crippen molar-refractivity contribution in [1.82, 2.24) is 9.03 Å². The van der Waals surface area contributed by atoms with Crippen molar-refractivity contribution in [2.75, 3.05) is 19.6 Å². The molecule has 18 heavy (non-hydrogen) atoms. The molecule has 0 aromatic rings. The van der Waals surface area contributed by atoms with Crippen LogP contribution in [0.1, 0.15) is 20.3 Å². The van der Waals surface area contributed by atoms with Crippen molar-refractivity contribution in [1.29, 1.82) is 0 Å². The molecular weight excluding hydrogens is 256 g/mol. The molecule has 6 nitrogen and oxygen atoms in total. The molecule has 1 aliphatic rings. The van der Waals surface area contributed by atoms with Crippen molar-refractivity contribution in [3.8, 4) is 0 Å². The Balaban J connectivity index is 2.55. The number of rotatable bonds is 5. The second-order valence-electron chi connectivity index (χ2n) is 4.86. The van der Waals surface area contributed by atoms with Gasteiger partial charge in [0.25, 0.3) is 10.2 Å². The van der Waals surface area contributed by atoms with Crippen LogP contribution in [0, 0.1) is 11.8 Å². The summed E-state index contributed by atoms with van der Waals surface area (Å²) in [7, 11) is -3.51. The van der Waals surface area contributed by atoms with E-state index in [4.69, 9.17) is 5.11 Å². The zero-order chi connectivity index (χ0) is 13.8. The maximum atomic E-state index is 12.0. The third-order valence-corrected chi connectivity index (χ3v) is 4.33. The van der Waals surface area contributed by atoms with Crippen LogP contribution < -0.4 is 4.72 Å². The van der Waals surface area contributed by atoms with Crippen LogP contribution in [0.2, 0.25) is 0 Å². The van der Waals surface area contributed by atoms with E-state index < -0.39 is 16.2 Å². The lowest BCUT2D eigenvalue weighted by molar-refractivity contribution is -0.131. The molecule has 2 atom stereocenters. The number of carbonyl (C=O) groups is 1. The number of aliphatic carboxylic acids is 1. The van der Waals surface area contributed by atoms with Gasteiger partial charge in [-0.2, -0.15) is 17.4 Å². The number of nitrogens with zero attached hydrogens (tertiary/aromatic N) is 1. The zero-order valence-corrected chi connectivity index (χ0v) is 11.5. The number of nitrogens with one attached hydrogen (secondary N) is 1. The van der Waals surface area contributed by atoms with Crippen LogP contribution in [-0.4, -0.2) is 43.4 Å². The first kappa shape index (κ1) is 15.1. The number of carboxylic acid groups (broad SMARTS) is 1. The molecule has 1 aliphatic heterocycles. The van der Waals surface area contributed by atoms with E-state index in [9.17, 15) is 13.2 Å². The van der Waals surface area contributed by atoms with E-state index in [1.807, 2.05) is 13.8 Å². The Bertz CT molecular complexity index is 409. The van der Waals surface area contributed by atoms with Crippen LogP contribution in [0.4, 0.5) is 0 Å². The lowest BCUT2D eigenvalue weighted by atomic mass is 9.94. The van der Waals surface area contributed by atoms with Crippen LogP contribution in [0.25, 0.3) is 0 Å². The summed E-state index contributed by atoms with van der Waals surface area (Å²) < 4.78 is 27.7. The quantitative estimate of drug-likeness (QED) is 0.713. The molecule has 1 rings (SSSR count). The van der Waals surface area contributed by atoms with Gasteiger partial charge >= 0.3 is 5.97 Å². The molecule has 2 unspecified atom stereocenters. The van der Waals surface area contributed by atoms with E-state index in [1.54, 1.807) is 0 Å². The molecule has 0 aromatic heterocycles. The molecule has 0 saturated carbocycles. The Morgan fingerprint density at radius 1 is 1.39 bits per heavy atom. The van der Waals surface area contributed by atoms with E-state index >= 15 is 0 Å². The Kier molecular flexibility index (Phi) is 5.30. The fraction of sp³-hybridized carbons (Fsp3) is 0.727. The summed E-state index contributed by atoms with van der Waals surface area (Å²) in [6.45, 7) is 5.09. The smallest absolute Gasteiger partial charge is 0.328 e. The molecule has 0 amide bonds. The van der Waals surface area contributed by atoms with Crippen molar-refractivity contribution >= 4 is 16.2 Å². The zero-order valence-electron chi connectivity index (χ0n) is 10.7. The van der Waals surface area contributed by atoms with Crippen molar-refractivity contribution < 1.29 is 18.3 Å². The predicted octanol–water partition coefficient (Wildman–Crippen LogP) is 0.439. The summed E-state index contributed by atoms with van der Waals surface area (Å²) in [6, 6.07) is 0. The molecule has 2 N–H and O–H groups in total. The van der Waals surface area contributed by atoms with E-state index in [2.05, 4.69) is 4.72 Å². The fourth-order valence-electron chi connectivity index (χ4n) is 2.21. The first-order chi connectivity index (χ1) is 8.31. The minimum Gasteiger partial charge on any atom is -0.478 e. The topological polar surface area (TPSA) is 86.7 Å². The highest BCUT2D eigenvalue weighted by atomic mass is 32.2. The molecular formula is C11H20N2O4S. The van der Waals surface area contributed by atoms with Crippen LogP contribution >= 0.6 is 0 Å². The Morgan fingerprint density at radius 2 is 1.94 bits per heavy atom. The van der Waals surface area contributed by atoms with Gasteiger partial charge in [0.2, 0.25) is 0 Å². The van der Waals surface area contributed by atoms with E-state index in [0.717, 1.165) is 12.5 Å². The molecule has 104 valence electrons. The van der Waals surface area contributed by atoms with Crippen molar-refractivity contribution in [2.45, 2.75) is 20.3 Å². The van der Waals surface area contributed by atoms with Gasteiger partial charge < -0.3 is 5.11 Å². The number of piperidine rings is 1. The van der Waals surface area contributed by atoms with Gasteiger partial charge in [-0.25, -0.2) is 4.79 Å². The summed E-state index contributed by atoms with van der Waals surface area (Å²) in [6.07, 6.45) is 3.23. The number of carboxylic acids is 1. The van der Waals surface area contributed by atoms with Crippen molar-refractivity contribution in [3.63, 3.8) is 0 Å². The molecule has 0 aromatic carbocycles. The molecule has 1 fully saturated rings. The SMILES string of the molecule is CC1CC(C)CN(S(=O)(=O)NC/C=C/C(=O)O)C1. The minimum atomic E-state index is -3.51. The van der Waals surface area contributed by atoms with Gasteiger partial charge in [-0.05, 0) is 18.3 Å². The van der Waals surface area contributed by atoms with Crippen LogP contribution in [0.5, 0.6) is 0 Å². The Labute approximate surface area is 108 Å². The molecule has 1 heterocycles. The van der Waals surface area contributed by atoms with Gasteiger partial charge in [0, 0.05) is 25.7 Å². The van der Waals surface area contributed by atoms with Crippen molar-refractivity contribution in [2.24, 2.45) is 11.8 Å². The molecule has 1 saturated heterocycles. The summed E-state index contributed by atoms with van der Waals surface area (Å²) in [5, 5.41) is 8.39. The minimum absolute atomic E-state index is 0.00606. The third kappa shape index (κ3) is 4.75. The third-order valence-electron chi connectivity index (χ3n) is 2.82. The highest BCUT2D eigenvalue weighted by Crippen LogP contribution is 2.22. The standard InChI is InChI=1S/C11H20N2O4S/c1-9-6-10(2)8-13(7-9)18(16,17)12-5-3-4-11(14)15/h3-4,9-10,12H,5-8H2,1-2H3,(H,14,15)/b4-3+. The maximum absolute atomic E-state index is 12.0. The van der Waals surface area contributed by atoms with Gasteiger partial charge in [-0.3, -0.25) is 0 Å². The molecule has 0 bridgehead atoms. The summed E-state index contributed by atoms with van der Waals surface area (Å²) in [4.78, 5) is 10.2. The van der Waals surface area contributed by atoms with Gasteiger partial charge in [0.15, 0.2) is 0 Å². The predicted molar refractivity (Wildman–Crippen MR) is 68.2 cm³/mol. The fourth-order valence-corrected chi connectivity index (χ4v) is 3.60. The first-order valence-corrected chi connectivity index (χ1v) is 7.39. The van der Waals surface area contributed by atoms with Crippen LogP contribution in [-0.2, 0) is 15.0 Å². The first-order valence-electron chi connectivity index (χ1n) is 5.95. The Morgan fingerprint density at radius 3 is 2.44 bits per heavy atom. The summed E-state index contributed by atoms with van der Waals surface area (Å²) in [5.41, 5.74) is 0. The van der Waals surface area contributed by atoms with Gasteiger partial charge in [-0.15, -0.1) is 0 Å². The summed E-state index contributed by atoms with van der Waals surface area (Å²) >= 11 is 0. The van der Waals surface area contributed by atoms with Crippen molar-refractivity contribution in [3.05, 3.63) is 12.2 Å². The average molecular weight is 276 g/mol. The monoisotopic (exact) mass is 276 g/mol. The van der Waals surface area contributed by atoms with Gasteiger partial charge in [0.1, 0.15) is 0 Å². The summed E-state index contributed by atoms with van der Waals surface area (Å²) in [5.74, 6) is -0.394. The highest BCUT2D eigenvalue weighted by Gasteiger charge is 2.29. The maximum Gasteiger partial charge on any atom is 0.328 e. The molecule has 7 heteroatoms. The molecule has 0 radical (unpaired) electrons. The van der Waals surface area contributed by atoms with E-state index in [0.29, 0.717) is 24.9 Å². The highest BCUT2D eigenvalue weighted by molar-refractivity contribution is 7.87.